The molecule has 0 spiro atoms. The number of ether oxygens (including phenoxy) is 2. The minimum absolute atomic E-state index is 0.0925. The second-order valence-electron chi connectivity index (χ2n) is 8.50. The first-order chi connectivity index (χ1) is 13.6. The minimum Gasteiger partial charge on any atom is -0.480 e. The van der Waals surface area contributed by atoms with Crippen molar-refractivity contribution in [2.24, 2.45) is 10.8 Å². The molecule has 0 aromatic carbocycles. The first kappa shape index (κ1) is 28.8. The number of esters is 2. The van der Waals surface area contributed by atoms with Crippen LogP contribution in [0.5, 0.6) is 0 Å². The highest BCUT2D eigenvalue weighted by Gasteiger charge is 2.36. The van der Waals surface area contributed by atoms with E-state index in [0.717, 1.165) is 0 Å². The van der Waals surface area contributed by atoms with Gasteiger partial charge in [0.05, 0.1) is 17.4 Å². The average molecular weight is 560 g/mol. The Morgan fingerprint density at radius 2 is 1.30 bits per heavy atom. The maximum Gasteiger partial charge on any atom is 0.317 e. The van der Waals surface area contributed by atoms with Gasteiger partial charge in [-0.25, -0.2) is 0 Å². The Labute approximate surface area is 194 Å². The lowest BCUT2D eigenvalue weighted by Crippen LogP contribution is -2.34. The number of halogens is 2. The van der Waals surface area contributed by atoms with Crippen molar-refractivity contribution >= 4 is 55.7 Å². The fourth-order valence-corrected chi connectivity index (χ4v) is 4.18. The highest BCUT2D eigenvalue weighted by atomic mass is 79.9. The van der Waals surface area contributed by atoms with Gasteiger partial charge in [0.15, 0.2) is 0 Å². The smallest absolute Gasteiger partial charge is 0.317 e. The molecule has 0 radical (unpaired) electrons. The Kier molecular flexibility index (Phi) is 12.1. The SMILES string of the molecule is CCC(CCCOC(=O)C(C)(C)CC(Br)C(=O)O)OC(=O)C(C)(C)CC(Br)C(=O)O. The van der Waals surface area contributed by atoms with E-state index in [-0.39, 0.29) is 25.6 Å². The Bertz CT molecular complexity index is 618. The number of carbonyl (C=O) groups excluding carboxylic acids is 2. The van der Waals surface area contributed by atoms with Crippen LogP contribution in [0.1, 0.15) is 66.7 Å². The molecule has 0 aliphatic carbocycles. The molecule has 8 nitrogen and oxygen atoms in total. The quantitative estimate of drug-likeness (QED) is 0.184. The van der Waals surface area contributed by atoms with Gasteiger partial charge in [0.1, 0.15) is 15.8 Å². The van der Waals surface area contributed by atoms with E-state index in [0.29, 0.717) is 19.3 Å². The van der Waals surface area contributed by atoms with Crippen LogP contribution in [0.25, 0.3) is 0 Å². The molecular formula is C20H32Br2O8. The molecule has 174 valence electrons. The van der Waals surface area contributed by atoms with Crippen molar-refractivity contribution in [2.75, 3.05) is 6.61 Å². The number of carbonyl (C=O) groups is 4. The zero-order valence-corrected chi connectivity index (χ0v) is 21.2. The number of alkyl halides is 2. The number of rotatable bonds is 14. The van der Waals surface area contributed by atoms with Gasteiger partial charge in [0, 0.05) is 0 Å². The fraction of sp³-hybridized carbons (Fsp3) is 0.800. The van der Waals surface area contributed by atoms with Gasteiger partial charge in [0.25, 0.3) is 0 Å². The molecule has 0 amide bonds. The molecule has 0 aromatic rings. The minimum atomic E-state index is -1.04. The molecule has 3 atom stereocenters. The molecule has 0 rings (SSSR count). The van der Waals surface area contributed by atoms with E-state index in [1.54, 1.807) is 27.7 Å². The van der Waals surface area contributed by atoms with Crippen molar-refractivity contribution in [3.8, 4) is 0 Å². The second-order valence-corrected chi connectivity index (χ2v) is 10.7. The zero-order chi connectivity index (χ0) is 23.7. The van der Waals surface area contributed by atoms with Gasteiger partial charge in [-0.3, -0.25) is 19.2 Å². The molecule has 0 bridgehead atoms. The van der Waals surface area contributed by atoms with Gasteiger partial charge in [-0.1, -0.05) is 38.8 Å². The third-order valence-electron chi connectivity index (χ3n) is 4.65. The summed E-state index contributed by atoms with van der Waals surface area (Å²) in [7, 11) is 0. The number of hydrogen-bond acceptors (Lipinski definition) is 6. The topological polar surface area (TPSA) is 127 Å². The first-order valence-corrected chi connectivity index (χ1v) is 11.6. The Morgan fingerprint density at radius 1 is 0.867 bits per heavy atom. The molecule has 10 heteroatoms. The largest absolute Gasteiger partial charge is 0.480 e. The second kappa shape index (κ2) is 12.6. The van der Waals surface area contributed by atoms with E-state index in [2.05, 4.69) is 31.9 Å². The van der Waals surface area contributed by atoms with Crippen LogP contribution in [-0.4, -0.2) is 56.5 Å². The number of hydrogen-bond donors (Lipinski definition) is 2. The van der Waals surface area contributed by atoms with Crippen LogP contribution in [-0.2, 0) is 28.7 Å². The van der Waals surface area contributed by atoms with Crippen molar-refractivity contribution in [3.63, 3.8) is 0 Å². The van der Waals surface area contributed by atoms with Crippen LogP contribution < -0.4 is 0 Å². The summed E-state index contributed by atoms with van der Waals surface area (Å²) in [6.07, 6.45) is 1.34. The summed E-state index contributed by atoms with van der Waals surface area (Å²) in [4.78, 5) is 44.9. The van der Waals surface area contributed by atoms with Gasteiger partial charge in [-0.05, 0) is 59.8 Å². The summed E-state index contributed by atoms with van der Waals surface area (Å²) in [6, 6.07) is 0. The maximum absolute atomic E-state index is 12.4. The highest BCUT2D eigenvalue weighted by molar-refractivity contribution is 9.10. The van der Waals surface area contributed by atoms with E-state index in [4.69, 9.17) is 19.7 Å². The molecule has 0 aliphatic rings. The van der Waals surface area contributed by atoms with Crippen molar-refractivity contribution in [1.29, 1.82) is 0 Å². The molecule has 0 heterocycles. The number of aliphatic carboxylic acids is 2. The fourth-order valence-electron chi connectivity index (χ4n) is 2.57. The van der Waals surface area contributed by atoms with Gasteiger partial charge >= 0.3 is 23.9 Å². The van der Waals surface area contributed by atoms with E-state index < -0.39 is 44.4 Å². The standard InChI is InChI=1S/C20H32Br2O8/c1-6-12(30-18(28)20(4,5)11-14(22)16(25)26)8-7-9-29-17(27)19(2,3)10-13(21)15(23)24/h12-14H,6-11H2,1-5H3,(H,23,24)(H,25,26). The van der Waals surface area contributed by atoms with Crippen molar-refractivity contribution < 1.29 is 38.9 Å². The van der Waals surface area contributed by atoms with E-state index in [1.165, 1.54) is 0 Å². The van der Waals surface area contributed by atoms with Gasteiger partial charge in [-0.15, -0.1) is 0 Å². The Morgan fingerprint density at radius 3 is 1.70 bits per heavy atom. The summed E-state index contributed by atoms with van der Waals surface area (Å²) >= 11 is 6.07. The zero-order valence-electron chi connectivity index (χ0n) is 18.1. The molecular weight excluding hydrogens is 528 g/mol. The van der Waals surface area contributed by atoms with Crippen LogP contribution in [0.15, 0.2) is 0 Å². The van der Waals surface area contributed by atoms with Crippen LogP contribution in [0.4, 0.5) is 0 Å². The van der Waals surface area contributed by atoms with Gasteiger partial charge < -0.3 is 19.7 Å². The van der Waals surface area contributed by atoms with Crippen LogP contribution in [0.3, 0.4) is 0 Å². The molecule has 0 saturated heterocycles. The lowest BCUT2D eigenvalue weighted by atomic mass is 9.87. The Balaban J connectivity index is 4.54. The number of carboxylic acids is 2. The third-order valence-corrected chi connectivity index (χ3v) is 6.08. The Hall–Kier alpha value is -1.16. The summed E-state index contributed by atoms with van der Waals surface area (Å²) in [5.74, 6) is -3.05. The lowest BCUT2D eigenvalue weighted by molar-refractivity contribution is -0.162. The maximum atomic E-state index is 12.4. The predicted molar refractivity (Wildman–Crippen MR) is 118 cm³/mol. The van der Waals surface area contributed by atoms with Gasteiger partial charge in [0.2, 0.25) is 0 Å². The first-order valence-electron chi connectivity index (χ1n) is 9.76. The highest BCUT2D eigenvalue weighted by Crippen LogP contribution is 2.29. The van der Waals surface area contributed by atoms with Crippen LogP contribution in [0.2, 0.25) is 0 Å². The summed E-state index contributed by atoms with van der Waals surface area (Å²) < 4.78 is 10.8. The van der Waals surface area contributed by atoms with Crippen LogP contribution in [0, 0.1) is 10.8 Å². The van der Waals surface area contributed by atoms with Gasteiger partial charge in [-0.2, -0.15) is 0 Å². The number of carboxylic acid groups (broad SMARTS) is 2. The molecule has 2 N–H and O–H groups in total. The molecule has 3 unspecified atom stereocenters. The summed E-state index contributed by atoms with van der Waals surface area (Å²) in [6.45, 7) is 8.52. The van der Waals surface area contributed by atoms with Crippen molar-refractivity contribution in [3.05, 3.63) is 0 Å². The van der Waals surface area contributed by atoms with E-state index >= 15 is 0 Å². The molecule has 0 aromatic heterocycles. The van der Waals surface area contributed by atoms with Crippen LogP contribution >= 0.6 is 31.9 Å². The normalized spacial score (nSPS) is 15.0. The summed E-state index contributed by atoms with van der Waals surface area (Å²) in [5, 5.41) is 18.0. The molecule has 0 fully saturated rings. The van der Waals surface area contributed by atoms with Crippen molar-refractivity contribution in [1.82, 2.24) is 0 Å². The predicted octanol–water partition coefficient (Wildman–Crippen LogP) is 4.16. The van der Waals surface area contributed by atoms with E-state index in [1.807, 2.05) is 6.92 Å². The summed E-state index contributed by atoms with van der Waals surface area (Å²) in [5.41, 5.74) is -1.92. The molecule has 30 heavy (non-hydrogen) atoms. The van der Waals surface area contributed by atoms with E-state index in [9.17, 15) is 19.2 Å². The lowest BCUT2D eigenvalue weighted by Gasteiger charge is -2.27. The molecule has 0 saturated carbocycles. The third kappa shape index (κ3) is 10.2. The molecule has 0 aliphatic heterocycles. The monoisotopic (exact) mass is 558 g/mol. The van der Waals surface area contributed by atoms with Crippen molar-refractivity contribution in [2.45, 2.75) is 82.5 Å². The average Bonchev–Trinajstić information content (AvgIpc) is 2.62.